The highest BCUT2D eigenvalue weighted by Crippen LogP contribution is 2.65. The number of urea groups is 1. The summed E-state index contributed by atoms with van der Waals surface area (Å²) in [5.41, 5.74) is -1.91. The van der Waals surface area contributed by atoms with E-state index in [0.29, 0.717) is 30.6 Å². The highest BCUT2D eigenvalue weighted by atomic mass is 16.2. The van der Waals surface area contributed by atoms with Crippen LogP contribution in [0.4, 0.5) is 10.5 Å². The molecule has 3 saturated carbocycles. The van der Waals surface area contributed by atoms with Gasteiger partial charge in [0, 0.05) is 31.7 Å². The molecule has 3 aliphatic carbocycles. The van der Waals surface area contributed by atoms with Crippen LogP contribution in [-0.4, -0.2) is 84.8 Å². The van der Waals surface area contributed by atoms with E-state index in [2.05, 4.69) is 35.1 Å². The molecule has 5 amide bonds. The van der Waals surface area contributed by atoms with Crippen molar-refractivity contribution in [2.24, 2.45) is 28.1 Å². The molecule has 0 aromatic heterocycles. The van der Waals surface area contributed by atoms with Gasteiger partial charge in [-0.1, -0.05) is 94.9 Å². The predicted molar refractivity (Wildman–Crippen MR) is 212 cm³/mol. The van der Waals surface area contributed by atoms with Gasteiger partial charge in [-0.3, -0.25) is 28.8 Å². The number of likely N-dealkylation sites (N-methyl/N-ethyl adjacent to an activating group) is 1. The van der Waals surface area contributed by atoms with Crippen molar-refractivity contribution in [1.82, 2.24) is 26.2 Å². The lowest BCUT2D eigenvalue weighted by Gasteiger charge is -2.43. The second-order valence-electron chi connectivity index (χ2n) is 20.0. The number of carbonyl (C=O) groups excluding carboxylic acids is 5. The first-order valence-electron chi connectivity index (χ1n) is 20.5. The first kappa shape index (κ1) is 42.4. The predicted octanol–water partition coefficient (Wildman–Crippen LogP) is 3.68. The lowest BCUT2D eigenvalue weighted by molar-refractivity contribution is -0.146. The normalized spacial score (nSPS) is 24.6. The van der Waals surface area contributed by atoms with Crippen LogP contribution in [0.2, 0.25) is 0 Å². The number of anilines is 1. The van der Waals surface area contributed by atoms with Crippen LogP contribution in [0.3, 0.4) is 0 Å². The minimum absolute atomic E-state index is 0.00380. The van der Waals surface area contributed by atoms with Gasteiger partial charge in [0.15, 0.2) is 0 Å². The van der Waals surface area contributed by atoms with Gasteiger partial charge in [0.05, 0.1) is 17.8 Å². The van der Waals surface area contributed by atoms with Crippen LogP contribution in [0.5, 0.6) is 0 Å². The first-order valence-corrected chi connectivity index (χ1v) is 20.5. The average Bonchev–Trinajstić information content (AvgIpc) is 3.94. The molecule has 6 atom stereocenters. The Balaban J connectivity index is 1.37. The van der Waals surface area contributed by atoms with Crippen LogP contribution < -0.4 is 37.0 Å². The minimum Gasteiger partial charge on any atom is -0.369 e. The Morgan fingerprint density at radius 3 is 2.05 bits per heavy atom. The number of fused-ring (bicyclic) bond motifs is 1. The molecular weight excluding hydrogens is 700 g/mol. The molecule has 0 spiro atoms. The Morgan fingerprint density at radius 2 is 1.51 bits per heavy atom. The van der Waals surface area contributed by atoms with E-state index >= 15 is 0 Å². The Bertz CT molecular complexity index is 1740. The van der Waals surface area contributed by atoms with Crippen LogP contribution in [0.1, 0.15) is 133 Å². The van der Waals surface area contributed by atoms with Crippen LogP contribution in [0.15, 0.2) is 9.59 Å². The van der Waals surface area contributed by atoms with E-state index in [1.807, 2.05) is 55.4 Å². The Hall–Kier alpha value is -3.77. The second-order valence-corrected chi connectivity index (χ2v) is 20.0. The first-order chi connectivity index (χ1) is 25.4. The number of rotatable bonds is 14. The van der Waals surface area contributed by atoms with Crippen LogP contribution in [0.25, 0.3) is 0 Å². The van der Waals surface area contributed by atoms with Gasteiger partial charge in [-0.15, -0.1) is 0 Å². The molecule has 4 N–H and O–H groups in total. The van der Waals surface area contributed by atoms with E-state index in [-0.39, 0.29) is 35.7 Å². The molecule has 306 valence electrons. The molecule has 0 bridgehead atoms. The van der Waals surface area contributed by atoms with E-state index in [1.54, 1.807) is 16.8 Å². The van der Waals surface area contributed by atoms with Crippen LogP contribution in [0, 0.1) is 28.1 Å². The molecule has 0 radical (unpaired) electrons. The molecule has 5 rings (SSSR count). The summed E-state index contributed by atoms with van der Waals surface area (Å²) >= 11 is 0. The van der Waals surface area contributed by atoms with Crippen molar-refractivity contribution in [1.29, 1.82) is 0 Å². The molecule has 55 heavy (non-hydrogen) atoms. The second kappa shape index (κ2) is 15.3. The monoisotopic (exact) mass is 766 g/mol. The Morgan fingerprint density at radius 1 is 0.891 bits per heavy atom. The summed E-state index contributed by atoms with van der Waals surface area (Å²) in [6.07, 6.45) is 6.83. The van der Waals surface area contributed by atoms with Crippen molar-refractivity contribution < 1.29 is 24.0 Å². The van der Waals surface area contributed by atoms with Gasteiger partial charge in [-0.2, -0.15) is 0 Å². The number of nitrogens with zero attached hydrogens (tertiary/aromatic N) is 2. The maximum absolute atomic E-state index is 14.9. The maximum Gasteiger partial charge on any atom is 0.315 e. The van der Waals surface area contributed by atoms with Crippen molar-refractivity contribution in [2.45, 2.75) is 163 Å². The van der Waals surface area contributed by atoms with Crippen molar-refractivity contribution >= 4 is 35.2 Å². The maximum atomic E-state index is 14.9. The third kappa shape index (κ3) is 8.65. The molecule has 0 unspecified atom stereocenters. The van der Waals surface area contributed by atoms with Gasteiger partial charge in [-0.05, 0) is 65.6 Å². The molecule has 1 heterocycles. The number of piperidine rings is 1. The largest absolute Gasteiger partial charge is 0.369 e. The fourth-order valence-corrected chi connectivity index (χ4v) is 9.29. The average molecular weight is 767 g/mol. The van der Waals surface area contributed by atoms with Crippen molar-refractivity contribution in [2.75, 3.05) is 25.0 Å². The van der Waals surface area contributed by atoms with Crippen molar-refractivity contribution in [3.63, 3.8) is 0 Å². The zero-order valence-corrected chi connectivity index (χ0v) is 35.1. The fraction of sp³-hybridized carbons (Fsp3) is 0.786. The minimum atomic E-state index is -0.999. The van der Waals surface area contributed by atoms with Crippen LogP contribution in [-0.2, 0) is 24.6 Å². The van der Waals surface area contributed by atoms with Crippen molar-refractivity contribution in [3.05, 3.63) is 26.0 Å². The Labute approximate surface area is 326 Å². The van der Waals surface area contributed by atoms with Gasteiger partial charge >= 0.3 is 6.03 Å². The number of hydrogen-bond acceptors (Lipinski definition) is 8. The number of Topliss-reactive ketones (excluding diaryl/α,β-unsaturated/α-hetero) is 1. The molecule has 13 heteroatoms. The summed E-state index contributed by atoms with van der Waals surface area (Å²) in [5, 5.41) is 11.8. The van der Waals surface area contributed by atoms with Crippen molar-refractivity contribution in [3.8, 4) is 0 Å². The smallest absolute Gasteiger partial charge is 0.315 e. The number of carbonyl (C=O) groups is 5. The summed E-state index contributed by atoms with van der Waals surface area (Å²) in [6.45, 7) is 20.3. The SMILES string of the molecule is CCC[C@H](NC(=O)[C@@H]1[C@@H]2[C@H](CN1C(=O)[C@@H](NC(=O)N[C@H](CN(C)c1c(C(C)(C)C)c(=O)c1=O)C(C)(C)C)C1(C)CCCCC1)C2(C)C)C(=O)C(=O)NC1CC1. The topological polar surface area (TPSA) is 174 Å². The van der Waals surface area contributed by atoms with E-state index < -0.39 is 74.9 Å². The molecule has 1 aliphatic heterocycles. The third-order valence-corrected chi connectivity index (χ3v) is 13.1. The zero-order chi connectivity index (χ0) is 41.0. The number of likely N-dealkylation sites (tertiary alicyclic amines) is 1. The summed E-state index contributed by atoms with van der Waals surface area (Å²) in [6, 6.07) is -3.78. The van der Waals surface area contributed by atoms with Gasteiger partial charge < -0.3 is 31.1 Å². The van der Waals surface area contributed by atoms with E-state index in [4.69, 9.17) is 0 Å². The molecule has 13 nitrogen and oxygen atoms in total. The van der Waals surface area contributed by atoms with Gasteiger partial charge in [0.1, 0.15) is 12.1 Å². The lowest BCUT2D eigenvalue weighted by Crippen LogP contribution is -2.63. The number of amides is 5. The fourth-order valence-electron chi connectivity index (χ4n) is 9.29. The van der Waals surface area contributed by atoms with Crippen LogP contribution >= 0.6 is 0 Å². The Kier molecular flexibility index (Phi) is 11.8. The number of nitrogens with one attached hydrogen (secondary N) is 4. The molecule has 4 aliphatic rings. The third-order valence-electron chi connectivity index (χ3n) is 13.1. The highest BCUT2D eigenvalue weighted by Gasteiger charge is 2.70. The number of hydrogen-bond donors (Lipinski definition) is 4. The molecule has 1 aromatic rings. The lowest BCUT2D eigenvalue weighted by atomic mass is 9.70. The van der Waals surface area contributed by atoms with E-state index in [0.717, 1.165) is 44.9 Å². The summed E-state index contributed by atoms with van der Waals surface area (Å²) in [5.74, 6) is -2.18. The zero-order valence-electron chi connectivity index (χ0n) is 35.1. The van der Waals surface area contributed by atoms with E-state index in [9.17, 15) is 33.6 Å². The summed E-state index contributed by atoms with van der Waals surface area (Å²) < 4.78 is 0. The quantitative estimate of drug-likeness (QED) is 0.208. The summed E-state index contributed by atoms with van der Waals surface area (Å²) in [4.78, 5) is 98.0. The molecule has 1 saturated heterocycles. The summed E-state index contributed by atoms with van der Waals surface area (Å²) in [7, 11) is 1.75. The van der Waals surface area contributed by atoms with Gasteiger partial charge in [0.25, 0.3) is 5.91 Å². The molecule has 1 aromatic carbocycles. The van der Waals surface area contributed by atoms with Gasteiger partial charge in [0.2, 0.25) is 28.5 Å². The number of ketones is 1. The molecule has 4 fully saturated rings. The van der Waals surface area contributed by atoms with Gasteiger partial charge in [-0.25, -0.2) is 4.79 Å². The highest BCUT2D eigenvalue weighted by molar-refractivity contribution is 6.38. The molecular formula is C42H66N6O7. The van der Waals surface area contributed by atoms with E-state index in [1.165, 1.54) is 0 Å². The standard InChI is InChI=1S/C42H66N6O7/c1-12-16-25(31(49)36(53)43-23-17-18-23)44-35(52)30-27-24(41(27,8)9)21-48(30)37(54)34(42(10)19-14-13-15-20-42)46-38(55)45-26(39(2,3)4)22-47(11)29-28(40(5,6)7)32(50)33(29)51/h23-27,30,34H,12-22H2,1-11H3,(H,43,53)(H,44,52)(H2,45,46,55)/t24-,25-,26+,27-,30-,34+/m0/s1.